The fourth-order valence-corrected chi connectivity index (χ4v) is 6.12. The first-order valence-electron chi connectivity index (χ1n) is 14.2. The van der Waals surface area contributed by atoms with Gasteiger partial charge in [-0.15, -0.1) is 0 Å². The van der Waals surface area contributed by atoms with Gasteiger partial charge in [0, 0.05) is 23.4 Å². The van der Waals surface area contributed by atoms with Gasteiger partial charge in [-0.3, -0.25) is 4.79 Å². The van der Waals surface area contributed by atoms with E-state index in [1.165, 1.54) is 11.0 Å². The van der Waals surface area contributed by atoms with Gasteiger partial charge >= 0.3 is 12.1 Å². The maximum atomic E-state index is 15.5. The summed E-state index contributed by atoms with van der Waals surface area (Å²) in [6, 6.07) is 5.37. The number of carboxylic acid groups (broad SMARTS) is 1. The predicted octanol–water partition coefficient (Wildman–Crippen LogP) is 7.74. The highest BCUT2D eigenvalue weighted by molar-refractivity contribution is 6.08. The number of benzene rings is 3. The highest BCUT2D eigenvalue weighted by Crippen LogP contribution is 2.48. The predicted molar refractivity (Wildman–Crippen MR) is 153 cm³/mol. The number of nitrogens with zero attached hydrogens (tertiary/aromatic N) is 1. The normalized spacial score (nSPS) is 15.5. The van der Waals surface area contributed by atoms with Crippen molar-refractivity contribution in [3.63, 3.8) is 0 Å². The first-order valence-corrected chi connectivity index (χ1v) is 14.2. The number of aliphatic carboxylic acids is 1. The molecule has 0 spiro atoms. The Hall–Kier alpha value is -3.99. The number of hydrogen-bond acceptors (Lipinski definition) is 4. The van der Waals surface area contributed by atoms with Crippen LogP contribution in [0.5, 0.6) is 5.75 Å². The van der Waals surface area contributed by atoms with Crippen LogP contribution >= 0.6 is 0 Å². The third-order valence-corrected chi connectivity index (χ3v) is 7.98. The van der Waals surface area contributed by atoms with Gasteiger partial charge in [-0.2, -0.15) is 13.2 Å². The van der Waals surface area contributed by atoms with Gasteiger partial charge in [0.15, 0.2) is 17.7 Å². The van der Waals surface area contributed by atoms with Gasteiger partial charge < -0.3 is 19.5 Å². The Labute approximate surface area is 251 Å². The molecule has 0 saturated carbocycles. The van der Waals surface area contributed by atoms with Gasteiger partial charge in [0.2, 0.25) is 0 Å². The van der Waals surface area contributed by atoms with Crippen LogP contribution in [0.1, 0.15) is 77.0 Å². The van der Waals surface area contributed by atoms with Crippen LogP contribution in [0.15, 0.2) is 30.3 Å². The Balaban J connectivity index is 1.76. The zero-order valence-electron chi connectivity index (χ0n) is 24.9. The summed E-state index contributed by atoms with van der Waals surface area (Å²) >= 11 is 0. The molecule has 0 radical (unpaired) electrons. The molecule has 6 nitrogen and oxygen atoms in total. The number of halogens is 5. The monoisotopic (exact) mass is 617 g/mol. The molecule has 3 aromatic rings. The number of ether oxygens (including phenoxy) is 2. The van der Waals surface area contributed by atoms with Gasteiger partial charge in [-0.05, 0) is 106 Å². The molecular formula is C33H32F5NO5. The third kappa shape index (κ3) is 5.53. The molecule has 2 heterocycles. The molecule has 0 bridgehead atoms. The molecule has 0 fully saturated rings. The maximum absolute atomic E-state index is 15.5. The molecule has 0 unspecified atom stereocenters. The number of carboxylic acids is 1. The van der Waals surface area contributed by atoms with E-state index in [-0.39, 0.29) is 30.0 Å². The fourth-order valence-electron chi connectivity index (χ4n) is 6.12. The van der Waals surface area contributed by atoms with E-state index in [9.17, 15) is 27.9 Å². The standard InChI is InChI=1S/C33H32F5NO5/c1-16-14-24-19(11-12-39(24)30(40)20-8-6-10-22(27(20)35)33(36,37)38)26(25(16)29(31(41)42)44-32(3,4)5)21-15-23(34)28-18(17(21)2)9-7-13-43-28/h6,8,10,14-15,29H,7,9,11-13H2,1-5H3,(H,41,42)/t29-/m0/s1. The molecule has 1 N–H and O–H groups in total. The molecule has 1 amide bonds. The minimum absolute atomic E-state index is 0.0206. The summed E-state index contributed by atoms with van der Waals surface area (Å²) in [6.07, 6.45) is -5.13. The Morgan fingerprint density at radius 2 is 1.75 bits per heavy atom. The summed E-state index contributed by atoms with van der Waals surface area (Å²) in [7, 11) is 0. The molecular weight excluding hydrogens is 585 g/mol. The molecule has 0 saturated heterocycles. The largest absolute Gasteiger partial charge is 0.490 e. The topological polar surface area (TPSA) is 76.1 Å². The van der Waals surface area contributed by atoms with Crippen LogP contribution in [0.3, 0.4) is 0 Å². The van der Waals surface area contributed by atoms with Gasteiger partial charge in [0.25, 0.3) is 5.91 Å². The van der Waals surface area contributed by atoms with Crippen molar-refractivity contribution < 1.29 is 46.1 Å². The number of fused-ring (bicyclic) bond motifs is 2. The van der Waals surface area contributed by atoms with Gasteiger partial charge in [0.05, 0.1) is 23.3 Å². The number of hydrogen-bond donors (Lipinski definition) is 1. The van der Waals surface area contributed by atoms with Crippen molar-refractivity contribution in [3.05, 3.63) is 80.9 Å². The minimum Gasteiger partial charge on any atom is -0.490 e. The molecule has 44 heavy (non-hydrogen) atoms. The second kappa shape index (κ2) is 11.2. The molecule has 0 aromatic heterocycles. The van der Waals surface area contributed by atoms with Crippen LogP contribution in [-0.2, 0) is 28.5 Å². The molecule has 0 aliphatic carbocycles. The maximum Gasteiger partial charge on any atom is 0.419 e. The number of anilines is 1. The van der Waals surface area contributed by atoms with Gasteiger partial charge in [-0.1, -0.05) is 6.07 Å². The van der Waals surface area contributed by atoms with Crippen molar-refractivity contribution in [3.8, 4) is 16.9 Å². The second-order valence-electron chi connectivity index (χ2n) is 12.1. The average Bonchev–Trinajstić information content (AvgIpc) is 3.35. The van der Waals surface area contributed by atoms with E-state index in [0.717, 1.165) is 12.1 Å². The van der Waals surface area contributed by atoms with E-state index >= 15 is 8.78 Å². The SMILES string of the molecule is Cc1cc2c(c(-c3cc(F)c4c(c3C)CCCO4)c1[C@H](OC(C)(C)C)C(=O)O)CCN2C(=O)c1cccc(C(F)(F)F)c1F. The lowest BCUT2D eigenvalue weighted by molar-refractivity contribution is -0.160. The van der Waals surface area contributed by atoms with E-state index in [4.69, 9.17) is 9.47 Å². The summed E-state index contributed by atoms with van der Waals surface area (Å²) in [5.74, 6) is -4.42. The van der Waals surface area contributed by atoms with Crippen LogP contribution in [0, 0.1) is 25.5 Å². The Morgan fingerprint density at radius 1 is 1.05 bits per heavy atom. The van der Waals surface area contributed by atoms with Gasteiger partial charge in [0.1, 0.15) is 5.82 Å². The fraction of sp³-hybridized carbons (Fsp3) is 0.394. The molecule has 11 heteroatoms. The van der Waals surface area contributed by atoms with E-state index in [1.807, 2.05) is 0 Å². The Bertz CT molecular complexity index is 1670. The van der Waals surface area contributed by atoms with Crippen molar-refractivity contribution in [1.29, 1.82) is 0 Å². The van der Waals surface area contributed by atoms with Crippen molar-refractivity contribution in [2.75, 3.05) is 18.1 Å². The number of alkyl halides is 3. The Morgan fingerprint density at radius 3 is 2.39 bits per heavy atom. The third-order valence-electron chi connectivity index (χ3n) is 7.98. The van der Waals surface area contributed by atoms with Crippen LogP contribution < -0.4 is 9.64 Å². The Kier molecular flexibility index (Phi) is 7.99. The smallest absolute Gasteiger partial charge is 0.419 e. The quantitative estimate of drug-likeness (QED) is 0.297. The summed E-state index contributed by atoms with van der Waals surface area (Å²) < 4.78 is 82.5. The lowest BCUT2D eigenvalue weighted by Gasteiger charge is -2.30. The van der Waals surface area contributed by atoms with E-state index < -0.39 is 52.5 Å². The van der Waals surface area contributed by atoms with Crippen LogP contribution in [-0.4, -0.2) is 35.7 Å². The molecule has 2 aliphatic heterocycles. The first kappa shape index (κ1) is 31.4. The average molecular weight is 618 g/mol. The second-order valence-corrected chi connectivity index (χ2v) is 12.1. The van der Waals surface area contributed by atoms with Crippen LogP contribution in [0.2, 0.25) is 0 Å². The van der Waals surface area contributed by atoms with Crippen molar-refractivity contribution >= 4 is 17.6 Å². The first-order chi connectivity index (χ1) is 20.5. The number of aryl methyl sites for hydroxylation is 1. The molecule has 5 rings (SSSR count). The molecule has 234 valence electrons. The van der Waals surface area contributed by atoms with Crippen molar-refractivity contribution in [2.45, 2.75) is 71.8 Å². The number of carbonyl (C=O) groups excluding carboxylic acids is 1. The zero-order valence-corrected chi connectivity index (χ0v) is 24.9. The number of carbonyl (C=O) groups is 2. The van der Waals surface area contributed by atoms with Crippen molar-refractivity contribution in [1.82, 2.24) is 0 Å². The highest BCUT2D eigenvalue weighted by Gasteiger charge is 2.40. The summed E-state index contributed by atoms with van der Waals surface area (Å²) in [5, 5.41) is 10.3. The molecule has 3 aromatic carbocycles. The van der Waals surface area contributed by atoms with Crippen molar-refractivity contribution in [2.24, 2.45) is 0 Å². The number of amides is 1. The van der Waals surface area contributed by atoms with Crippen LogP contribution in [0.4, 0.5) is 27.6 Å². The zero-order chi connectivity index (χ0) is 32.3. The number of rotatable bonds is 5. The van der Waals surface area contributed by atoms with Gasteiger partial charge in [-0.25, -0.2) is 13.6 Å². The van der Waals surface area contributed by atoms with Crippen LogP contribution in [0.25, 0.3) is 11.1 Å². The molecule has 1 atom stereocenters. The summed E-state index contributed by atoms with van der Waals surface area (Å²) in [4.78, 5) is 27.5. The summed E-state index contributed by atoms with van der Waals surface area (Å²) in [5.41, 5.74) is 0.302. The highest BCUT2D eigenvalue weighted by atomic mass is 19.4. The lowest BCUT2D eigenvalue weighted by Crippen LogP contribution is -2.30. The van der Waals surface area contributed by atoms with E-state index in [1.54, 1.807) is 40.7 Å². The lowest BCUT2D eigenvalue weighted by atomic mass is 9.83. The summed E-state index contributed by atoms with van der Waals surface area (Å²) in [6.45, 7) is 8.87. The van der Waals surface area contributed by atoms with E-state index in [0.29, 0.717) is 58.9 Å². The molecule has 2 aliphatic rings. The van der Waals surface area contributed by atoms with E-state index in [2.05, 4.69) is 0 Å². The minimum atomic E-state index is -5.00.